The van der Waals surface area contributed by atoms with Crippen molar-refractivity contribution < 1.29 is 13.0 Å². The van der Waals surface area contributed by atoms with Gasteiger partial charge in [0.05, 0.1) is 17.4 Å². The molecule has 0 amide bonds. The zero-order valence-corrected chi connectivity index (χ0v) is 14.4. The monoisotopic (exact) mass is 352 g/mol. The molecule has 0 spiro atoms. The maximum Gasteiger partial charge on any atom is 0.264 e. The number of benzene rings is 1. The molecule has 1 aliphatic heterocycles. The van der Waals surface area contributed by atoms with Gasteiger partial charge >= 0.3 is 0 Å². The van der Waals surface area contributed by atoms with Gasteiger partial charge in [0.25, 0.3) is 10.1 Å². The number of guanidine groups is 2. The summed E-state index contributed by atoms with van der Waals surface area (Å²) in [6.07, 6.45) is 0. The molecule has 5 N–H and O–H groups in total. The summed E-state index contributed by atoms with van der Waals surface area (Å²) in [5.41, 5.74) is 12.2. The zero-order valence-electron chi connectivity index (χ0n) is 13.6. The van der Waals surface area contributed by atoms with Crippen molar-refractivity contribution in [2.24, 2.45) is 21.5 Å². The summed E-state index contributed by atoms with van der Waals surface area (Å²) in [5.74, 6) is 0.222. The van der Waals surface area contributed by atoms with Crippen LogP contribution in [0.25, 0.3) is 0 Å². The largest absolute Gasteiger partial charge is 0.369 e. The van der Waals surface area contributed by atoms with Crippen LogP contribution in [0.1, 0.15) is 26.3 Å². The molecule has 0 aliphatic carbocycles. The fraction of sp³-hybridized carbons (Fsp3) is 0.357. The average molecular weight is 352 g/mol. The van der Waals surface area contributed by atoms with Crippen LogP contribution in [0.2, 0.25) is 0 Å². The van der Waals surface area contributed by atoms with E-state index in [0.29, 0.717) is 5.56 Å². The summed E-state index contributed by atoms with van der Waals surface area (Å²) >= 11 is 0. The van der Waals surface area contributed by atoms with Gasteiger partial charge in [-0.05, 0) is 39.0 Å². The Labute approximate surface area is 141 Å². The van der Waals surface area contributed by atoms with E-state index in [1.807, 2.05) is 19.9 Å². The van der Waals surface area contributed by atoms with Crippen molar-refractivity contribution >= 4 is 27.7 Å². The molecular formula is C14H20N6O3S. The van der Waals surface area contributed by atoms with Gasteiger partial charge in [-0.15, -0.1) is 0 Å². The first-order valence-electron chi connectivity index (χ1n) is 6.95. The second kappa shape index (κ2) is 7.29. The van der Waals surface area contributed by atoms with Crippen molar-refractivity contribution in [1.82, 2.24) is 0 Å². The van der Waals surface area contributed by atoms with E-state index in [2.05, 4.69) is 16.1 Å². The fourth-order valence-electron chi connectivity index (χ4n) is 1.97. The van der Waals surface area contributed by atoms with Crippen molar-refractivity contribution in [2.75, 3.05) is 10.7 Å². The maximum absolute atomic E-state index is 9.56. The van der Waals surface area contributed by atoms with E-state index in [9.17, 15) is 8.42 Å². The smallest absolute Gasteiger partial charge is 0.264 e. The van der Waals surface area contributed by atoms with Gasteiger partial charge < -0.3 is 11.5 Å². The van der Waals surface area contributed by atoms with Crippen LogP contribution in [0, 0.1) is 11.3 Å². The Morgan fingerprint density at radius 3 is 2.42 bits per heavy atom. The molecule has 2 rings (SSSR count). The SMILES string of the molecule is CC1(C)N=C(N)N=C(N)N1c1cccc(C#N)c1.CCS(=O)(=O)O. The molecule has 0 saturated carbocycles. The molecule has 0 bridgehead atoms. The van der Waals surface area contributed by atoms with Crippen molar-refractivity contribution in [2.45, 2.75) is 26.4 Å². The molecule has 24 heavy (non-hydrogen) atoms. The highest BCUT2D eigenvalue weighted by molar-refractivity contribution is 7.85. The van der Waals surface area contributed by atoms with Gasteiger partial charge in [-0.2, -0.15) is 18.7 Å². The lowest BCUT2D eigenvalue weighted by atomic mass is 10.1. The van der Waals surface area contributed by atoms with Crippen LogP contribution in [-0.2, 0) is 10.1 Å². The van der Waals surface area contributed by atoms with Crippen LogP contribution >= 0.6 is 0 Å². The summed E-state index contributed by atoms with van der Waals surface area (Å²) in [4.78, 5) is 9.95. The summed E-state index contributed by atoms with van der Waals surface area (Å²) in [7, 11) is -3.66. The number of hydrogen-bond donors (Lipinski definition) is 3. The molecule has 0 atom stereocenters. The number of aliphatic imine (C=N–C) groups is 2. The van der Waals surface area contributed by atoms with Crippen molar-refractivity contribution in [3.63, 3.8) is 0 Å². The van der Waals surface area contributed by atoms with E-state index in [0.717, 1.165) is 5.69 Å². The number of rotatable bonds is 2. The molecule has 1 aromatic carbocycles. The highest BCUT2D eigenvalue weighted by Crippen LogP contribution is 2.27. The van der Waals surface area contributed by atoms with E-state index >= 15 is 0 Å². The van der Waals surface area contributed by atoms with Crippen LogP contribution in [0.3, 0.4) is 0 Å². The van der Waals surface area contributed by atoms with E-state index in [-0.39, 0.29) is 17.7 Å². The Kier molecular flexibility index (Phi) is 5.89. The van der Waals surface area contributed by atoms with Gasteiger partial charge in [-0.25, -0.2) is 4.99 Å². The van der Waals surface area contributed by atoms with E-state index in [1.54, 1.807) is 23.1 Å². The standard InChI is InChI=1S/C12H14N6.C2H6O3S/c1-12(2)17-10(14)16-11(15)18(12)9-5-3-4-8(6-9)7-13;1-2-6(3,4)5/h3-6H,1-2H3,(H4,14,15,16,17);2H2,1H3,(H,3,4,5). The second-order valence-electron chi connectivity index (χ2n) is 5.30. The maximum atomic E-state index is 9.56. The predicted octanol–water partition coefficient (Wildman–Crippen LogP) is 0.638. The minimum atomic E-state index is -3.66. The first kappa shape index (κ1) is 19.4. The van der Waals surface area contributed by atoms with Gasteiger partial charge in [0, 0.05) is 5.69 Å². The Morgan fingerprint density at radius 2 is 1.96 bits per heavy atom. The topological polar surface area (TPSA) is 158 Å². The molecule has 1 aliphatic rings. The summed E-state index contributed by atoms with van der Waals surface area (Å²) in [6.45, 7) is 5.12. The van der Waals surface area contributed by atoms with Gasteiger partial charge in [-0.3, -0.25) is 9.45 Å². The minimum absolute atomic E-state index is 0.158. The van der Waals surface area contributed by atoms with Crippen LogP contribution < -0.4 is 16.4 Å². The first-order valence-corrected chi connectivity index (χ1v) is 8.56. The third kappa shape index (κ3) is 5.22. The molecule has 1 heterocycles. The molecule has 0 fully saturated rings. The third-order valence-electron chi connectivity index (χ3n) is 2.99. The number of nitrogens with zero attached hydrogens (tertiary/aromatic N) is 4. The lowest BCUT2D eigenvalue weighted by molar-refractivity contribution is 0.484. The second-order valence-corrected chi connectivity index (χ2v) is 7.04. The third-order valence-corrected chi connectivity index (χ3v) is 3.72. The summed E-state index contributed by atoms with van der Waals surface area (Å²) in [5, 5.41) is 8.92. The van der Waals surface area contributed by atoms with Crippen molar-refractivity contribution in [3.05, 3.63) is 29.8 Å². The first-order chi connectivity index (χ1) is 11.0. The number of hydrogen-bond acceptors (Lipinski definition) is 8. The summed E-state index contributed by atoms with van der Waals surface area (Å²) in [6, 6.07) is 9.19. The number of nitrogens with two attached hydrogens (primary N) is 2. The van der Waals surface area contributed by atoms with Gasteiger partial charge in [0.2, 0.25) is 11.9 Å². The minimum Gasteiger partial charge on any atom is -0.369 e. The average Bonchev–Trinajstić information content (AvgIpc) is 2.45. The van der Waals surface area contributed by atoms with Crippen LogP contribution in [0.4, 0.5) is 5.69 Å². The fourth-order valence-corrected chi connectivity index (χ4v) is 1.97. The summed E-state index contributed by atoms with van der Waals surface area (Å²) < 4.78 is 26.9. The molecule has 0 radical (unpaired) electrons. The highest BCUT2D eigenvalue weighted by Gasteiger charge is 2.32. The van der Waals surface area contributed by atoms with Gasteiger partial charge in [0.1, 0.15) is 5.66 Å². The quantitative estimate of drug-likeness (QED) is 0.658. The van der Waals surface area contributed by atoms with Crippen LogP contribution in [0.15, 0.2) is 34.3 Å². The Balaban J connectivity index is 0.000000413. The molecule has 1 aromatic rings. The normalized spacial score (nSPS) is 16.2. The molecule has 10 heteroatoms. The van der Waals surface area contributed by atoms with E-state index < -0.39 is 15.8 Å². The lowest BCUT2D eigenvalue weighted by Crippen LogP contribution is -2.54. The predicted molar refractivity (Wildman–Crippen MR) is 93.0 cm³/mol. The number of nitriles is 1. The Morgan fingerprint density at radius 1 is 1.38 bits per heavy atom. The molecule has 130 valence electrons. The number of anilines is 1. The van der Waals surface area contributed by atoms with E-state index in [1.165, 1.54) is 6.92 Å². The molecule has 0 aromatic heterocycles. The van der Waals surface area contributed by atoms with Gasteiger partial charge in [0.15, 0.2) is 0 Å². The van der Waals surface area contributed by atoms with Crippen LogP contribution in [-0.4, -0.2) is 36.3 Å². The molecule has 9 nitrogen and oxygen atoms in total. The molecule has 0 saturated heterocycles. The zero-order chi connectivity index (χ0) is 18.5. The lowest BCUT2D eigenvalue weighted by Gasteiger charge is -2.38. The molecule has 0 unspecified atom stereocenters. The highest BCUT2D eigenvalue weighted by atomic mass is 32.2. The Bertz CT molecular complexity index is 808. The van der Waals surface area contributed by atoms with Gasteiger partial charge in [-0.1, -0.05) is 6.07 Å². The molecular weight excluding hydrogens is 332 g/mol. The Hall–Kier alpha value is -2.64. The van der Waals surface area contributed by atoms with Crippen molar-refractivity contribution in [1.29, 1.82) is 5.26 Å². The van der Waals surface area contributed by atoms with Crippen molar-refractivity contribution in [3.8, 4) is 6.07 Å². The van der Waals surface area contributed by atoms with Crippen LogP contribution in [0.5, 0.6) is 0 Å². The van der Waals surface area contributed by atoms with E-state index in [4.69, 9.17) is 21.3 Å².